The predicted octanol–water partition coefficient (Wildman–Crippen LogP) is 3.94. The van der Waals surface area contributed by atoms with Crippen LogP contribution < -0.4 is 5.32 Å². The normalized spacial score (nSPS) is 20.1. The first-order valence-electron chi connectivity index (χ1n) is 7.80. The molecule has 0 aliphatic heterocycles. The van der Waals surface area contributed by atoms with Gasteiger partial charge in [-0.15, -0.1) is 0 Å². The number of Topliss-reactive ketones (excluding diaryl/α,β-unsaturated/α-hetero) is 1. The highest BCUT2D eigenvalue weighted by Crippen LogP contribution is 2.27. The Kier molecular flexibility index (Phi) is 6.91. The summed E-state index contributed by atoms with van der Waals surface area (Å²) in [6.45, 7) is 8.30. The zero-order valence-electron chi connectivity index (χ0n) is 12.7. The smallest absolute Gasteiger partial charge is 0.152 e. The first kappa shape index (κ1) is 15.7. The fourth-order valence-corrected chi connectivity index (χ4v) is 3.00. The summed E-state index contributed by atoms with van der Waals surface area (Å²) >= 11 is 0. The molecule has 2 nitrogen and oxygen atoms in total. The van der Waals surface area contributed by atoms with Crippen LogP contribution in [-0.4, -0.2) is 17.9 Å². The van der Waals surface area contributed by atoms with E-state index in [2.05, 4.69) is 19.2 Å². The summed E-state index contributed by atoms with van der Waals surface area (Å²) in [4.78, 5) is 12.3. The SMILES string of the molecule is CC(C)N[C@@H](CC1CCCCCC1)C(=O)C(C)C. The van der Waals surface area contributed by atoms with Gasteiger partial charge in [-0.1, -0.05) is 66.2 Å². The molecule has 1 fully saturated rings. The Labute approximate surface area is 113 Å². The first-order chi connectivity index (χ1) is 8.50. The molecule has 0 unspecified atom stereocenters. The minimum atomic E-state index is 0.0769. The Morgan fingerprint density at radius 3 is 2.06 bits per heavy atom. The van der Waals surface area contributed by atoms with Gasteiger partial charge in [-0.25, -0.2) is 0 Å². The lowest BCUT2D eigenvalue weighted by Crippen LogP contribution is -2.44. The van der Waals surface area contributed by atoms with Crippen LogP contribution in [0.4, 0.5) is 0 Å². The van der Waals surface area contributed by atoms with Gasteiger partial charge >= 0.3 is 0 Å². The molecule has 1 atom stereocenters. The lowest BCUT2D eigenvalue weighted by atomic mass is 9.88. The Bertz CT molecular complexity index is 239. The monoisotopic (exact) mass is 253 g/mol. The van der Waals surface area contributed by atoms with Crippen molar-refractivity contribution in [3.05, 3.63) is 0 Å². The lowest BCUT2D eigenvalue weighted by molar-refractivity contribution is -0.124. The lowest BCUT2D eigenvalue weighted by Gasteiger charge is -2.26. The summed E-state index contributed by atoms with van der Waals surface area (Å²) < 4.78 is 0. The van der Waals surface area contributed by atoms with Gasteiger partial charge < -0.3 is 5.32 Å². The van der Waals surface area contributed by atoms with Crippen LogP contribution in [0.15, 0.2) is 0 Å². The van der Waals surface area contributed by atoms with E-state index in [-0.39, 0.29) is 12.0 Å². The zero-order chi connectivity index (χ0) is 13.5. The van der Waals surface area contributed by atoms with Gasteiger partial charge in [0, 0.05) is 12.0 Å². The highest BCUT2D eigenvalue weighted by atomic mass is 16.1. The number of carbonyl (C=O) groups is 1. The second-order valence-corrected chi connectivity index (χ2v) is 6.52. The minimum absolute atomic E-state index is 0.0769. The van der Waals surface area contributed by atoms with Gasteiger partial charge in [0.15, 0.2) is 5.78 Å². The van der Waals surface area contributed by atoms with Crippen LogP contribution in [0.2, 0.25) is 0 Å². The molecule has 0 aromatic heterocycles. The maximum absolute atomic E-state index is 12.3. The fraction of sp³-hybridized carbons (Fsp3) is 0.938. The molecule has 106 valence electrons. The van der Waals surface area contributed by atoms with Crippen molar-refractivity contribution >= 4 is 5.78 Å². The summed E-state index contributed by atoms with van der Waals surface area (Å²) in [5.41, 5.74) is 0. The van der Waals surface area contributed by atoms with Gasteiger partial charge in [-0.05, 0) is 12.3 Å². The Morgan fingerprint density at radius 2 is 1.61 bits per heavy atom. The van der Waals surface area contributed by atoms with Crippen molar-refractivity contribution in [3.63, 3.8) is 0 Å². The standard InChI is InChI=1S/C16H31NO/c1-12(2)16(18)15(17-13(3)4)11-14-9-7-5-6-8-10-14/h12-15,17H,5-11H2,1-4H3/t15-/m0/s1. The van der Waals surface area contributed by atoms with Crippen molar-refractivity contribution in [2.24, 2.45) is 11.8 Å². The topological polar surface area (TPSA) is 29.1 Å². The number of nitrogens with one attached hydrogen (secondary N) is 1. The number of hydrogen-bond acceptors (Lipinski definition) is 2. The molecule has 0 radical (unpaired) electrons. The largest absolute Gasteiger partial charge is 0.305 e. The van der Waals surface area contributed by atoms with Crippen molar-refractivity contribution in [1.29, 1.82) is 0 Å². The molecule has 1 aliphatic rings. The van der Waals surface area contributed by atoms with E-state index >= 15 is 0 Å². The summed E-state index contributed by atoms with van der Waals surface area (Å²) in [6, 6.07) is 0.469. The molecule has 1 saturated carbocycles. The quantitative estimate of drug-likeness (QED) is 0.726. The second kappa shape index (κ2) is 7.93. The van der Waals surface area contributed by atoms with E-state index in [0.717, 1.165) is 12.3 Å². The van der Waals surface area contributed by atoms with Gasteiger partial charge in [0.05, 0.1) is 6.04 Å². The number of hydrogen-bond donors (Lipinski definition) is 1. The third-order valence-electron chi connectivity index (χ3n) is 3.99. The average molecular weight is 253 g/mol. The predicted molar refractivity (Wildman–Crippen MR) is 77.7 cm³/mol. The molecule has 2 heteroatoms. The second-order valence-electron chi connectivity index (χ2n) is 6.52. The number of ketones is 1. The van der Waals surface area contributed by atoms with E-state index < -0.39 is 0 Å². The van der Waals surface area contributed by atoms with Crippen LogP contribution in [0.5, 0.6) is 0 Å². The molecule has 0 aromatic carbocycles. The van der Waals surface area contributed by atoms with E-state index in [0.29, 0.717) is 11.8 Å². The Balaban J connectivity index is 2.55. The minimum Gasteiger partial charge on any atom is -0.305 e. The summed E-state index contributed by atoms with van der Waals surface area (Å²) in [6.07, 6.45) is 9.18. The molecule has 18 heavy (non-hydrogen) atoms. The first-order valence-corrected chi connectivity index (χ1v) is 7.80. The number of rotatable bonds is 6. The molecule has 0 bridgehead atoms. The van der Waals surface area contributed by atoms with Crippen LogP contribution in [0.3, 0.4) is 0 Å². The molecule has 1 rings (SSSR count). The highest BCUT2D eigenvalue weighted by molar-refractivity contribution is 5.85. The summed E-state index contributed by atoms with van der Waals surface area (Å²) in [7, 11) is 0. The van der Waals surface area contributed by atoms with E-state index in [1.807, 2.05) is 13.8 Å². The van der Waals surface area contributed by atoms with Gasteiger partial charge in [0.1, 0.15) is 0 Å². The summed E-state index contributed by atoms with van der Waals surface area (Å²) in [5, 5.41) is 3.48. The summed E-state index contributed by atoms with van der Waals surface area (Å²) in [5.74, 6) is 1.30. The molecule has 0 heterocycles. The molecule has 1 N–H and O–H groups in total. The molecular weight excluding hydrogens is 222 g/mol. The van der Waals surface area contributed by atoms with Crippen LogP contribution in [0.25, 0.3) is 0 Å². The fourth-order valence-electron chi connectivity index (χ4n) is 3.00. The molecule has 0 amide bonds. The molecule has 1 aliphatic carbocycles. The molecule has 0 spiro atoms. The van der Waals surface area contributed by atoms with Gasteiger partial charge in [-0.2, -0.15) is 0 Å². The number of carbonyl (C=O) groups excluding carboxylic acids is 1. The van der Waals surface area contributed by atoms with Gasteiger partial charge in [0.2, 0.25) is 0 Å². The Hall–Kier alpha value is -0.370. The average Bonchev–Trinajstić information content (AvgIpc) is 2.55. The molecular formula is C16H31NO. The third-order valence-corrected chi connectivity index (χ3v) is 3.99. The van der Waals surface area contributed by atoms with Crippen LogP contribution in [0, 0.1) is 11.8 Å². The van der Waals surface area contributed by atoms with Crippen LogP contribution >= 0.6 is 0 Å². The Morgan fingerprint density at radius 1 is 1.06 bits per heavy atom. The zero-order valence-corrected chi connectivity index (χ0v) is 12.7. The van der Waals surface area contributed by atoms with Gasteiger partial charge in [0.25, 0.3) is 0 Å². The van der Waals surface area contributed by atoms with Crippen molar-refractivity contribution in [2.45, 2.75) is 84.7 Å². The molecule has 0 saturated heterocycles. The third kappa shape index (κ3) is 5.51. The maximum atomic E-state index is 12.3. The van der Waals surface area contributed by atoms with E-state index in [4.69, 9.17) is 0 Å². The highest BCUT2D eigenvalue weighted by Gasteiger charge is 2.25. The van der Waals surface area contributed by atoms with Gasteiger partial charge in [-0.3, -0.25) is 4.79 Å². The van der Waals surface area contributed by atoms with Crippen LogP contribution in [0.1, 0.15) is 72.6 Å². The van der Waals surface area contributed by atoms with Crippen molar-refractivity contribution in [2.75, 3.05) is 0 Å². The van der Waals surface area contributed by atoms with Crippen molar-refractivity contribution in [3.8, 4) is 0 Å². The van der Waals surface area contributed by atoms with E-state index in [1.165, 1.54) is 38.5 Å². The van der Waals surface area contributed by atoms with E-state index in [1.54, 1.807) is 0 Å². The van der Waals surface area contributed by atoms with Crippen LogP contribution in [-0.2, 0) is 4.79 Å². The maximum Gasteiger partial charge on any atom is 0.152 e. The molecule has 0 aromatic rings. The van der Waals surface area contributed by atoms with E-state index in [9.17, 15) is 4.79 Å². The van der Waals surface area contributed by atoms with Crippen molar-refractivity contribution < 1.29 is 4.79 Å². The van der Waals surface area contributed by atoms with Crippen molar-refractivity contribution in [1.82, 2.24) is 5.32 Å².